The summed E-state index contributed by atoms with van der Waals surface area (Å²) in [5, 5.41) is 2.81. The molecule has 4 rings (SSSR count). The number of hydrogen-bond donors (Lipinski definition) is 2. The second-order valence-electron chi connectivity index (χ2n) is 7.05. The Labute approximate surface area is 162 Å². The zero-order valence-electron chi connectivity index (χ0n) is 15.6. The Bertz CT molecular complexity index is 996. The number of imidazole rings is 1. The van der Waals surface area contributed by atoms with Gasteiger partial charge >= 0.3 is 0 Å². The molecule has 1 saturated heterocycles. The molecule has 0 aliphatic carbocycles. The normalized spacial score (nSPS) is 14.9. The fourth-order valence-electron chi connectivity index (χ4n) is 3.34. The van der Waals surface area contributed by atoms with Crippen LogP contribution in [0.4, 0.5) is 10.1 Å². The molecule has 0 bridgehead atoms. The van der Waals surface area contributed by atoms with Crippen molar-refractivity contribution in [1.82, 2.24) is 9.97 Å². The first kappa shape index (κ1) is 18.4. The Morgan fingerprint density at radius 3 is 2.96 bits per heavy atom. The molecule has 28 heavy (non-hydrogen) atoms. The SMILES string of the molecule is Cc1ccc(NC(=O)c2cc(F)cc3[nH]cnc23)cc1OCC1CCOCC1. The number of benzene rings is 2. The lowest BCUT2D eigenvalue weighted by atomic mass is 10.0. The number of carbonyl (C=O) groups is 1. The molecule has 1 aliphatic heterocycles. The number of nitrogens with one attached hydrogen (secondary N) is 2. The molecule has 1 fully saturated rings. The molecule has 1 amide bonds. The number of nitrogens with zero attached hydrogens (tertiary/aromatic N) is 1. The van der Waals surface area contributed by atoms with E-state index in [9.17, 15) is 9.18 Å². The van der Waals surface area contributed by atoms with Gasteiger partial charge in [0.15, 0.2) is 0 Å². The Hall–Kier alpha value is -2.93. The van der Waals surface area contributed by atoms with E-state index in [1.807, 2.05) is 13.0 Å². The standard InChI is InChI=1S/C21H22FN3O3/c1-13-2-3-16(10-19(13)28-11-14-4-6-27-7-5-14)25-21(26)17-8-15(22)9-18-20(17)24-12-23-18/h2-3,8-10,12,14H,4-7,11H2,1H3,(H,23,24)(H,25,26). The third-order valence-corrected chi connectivity index (χ3v) is 4.99. The molecule has 0 unspecified atom stereocenters. The van der Waals surface area contributed by atoms with Gasteiger partial charge in [0.05, 0.1) is 24.0 Å². The molecule has 3 aromatic rings. The molecule has 0 spiro atoms. The number of rotatable bonds is 5. The van der Waals surface area contributed by atoms with Crippen LogP contribution in [0.5, 0.6) is 5.75 Å². The number of anilines is 1. The predicted octanol–water partition coefficient (Wildman–Crippen LogP) is 4.07. The molecule has 2 N–H and O–H groups in total. The summed E-state index contributed by atoms with van der Waals surface area (Å²) in [5.74, 6) is 0.294. The number of H-pyrrole nitrogens is 1. The van der Waals surface area contributed by atoms with Crippen molar-refractivity contribution in [3.05, 3.63) is 53.6 Å². The first-order valence-electron chi connectivity index (χ1n) is 9.35. The fourth-order valence-corrected chi connectivity index (χ4v) is 3.34. The van der Waals surface area contributed by atoms with Crippen LogP contribution in [0.2, 0.25) is 0 Å². The van der Waals surface area contributed by atoms with E-state index in [1.165, 1.54) is 18.5 Å². The summed E-state index contributed by atoms with van der Waals surface area (Å²) in [4.78, 5) is 19.6. The third kappa shape index (κ3) is 3.99. The number of aromatic amines is 1. The number of carbonyl (C=O) groups excluding carboxylic acids is 1. The van der Waals surface area contributed by atoms with E-state index in [2.05, 4.69) is 15.3 Å². The summed E-state index contributed by atoms with van der Waals surface area (Å²) < 4.78 is 25.2. The van der Waals surface area contributed by atoms with Crippen LogP contribution in [0.15, 0.2) is 36.7 Å². The van der Waals surface area contributed by atoms with Crippen molar-refractivity contribution in [2.24, 2.45) is 5.92 Å². The van der Waals surface area contributed by atoms with Crippen molar-refractivity contribution < 1.29 is 18.7 Å². The van der Waals surface area contributed by atoms with Crippen LogP contribution in [0, 0.1) is 18.7 Å². The van der Waals surface area contributed by atoms with Crippen molar-refractivity contribution in [3.8, 4) is 5.75 Å². The first-order valence-corrected chi connectivity index (χ1v) is 9.35. The lowest BCUT2D eigenvalue weighted by Crippen LogP contribution is -2.21. The van der Waals surface area contributed by atoms with Crippen LogP contribution < -0.4 is 10.1 Å². The maximum Gasteiger partial charge on any atom is 0.258 e. The topological polar surface area (TPSA) is 76.2 Å². The molecule has 2 aromatic carbocycles. The van der Waals surface area contributed by atoms with E-state index in [4.69, 9.17) is 9.47 Å². The second kappa shape index (κ2) is 7.98. The lowest BCUT2D eigenvalue weighted by molar-refractivity contribution is 0.0496. The third-order valence-electron chi connectivity index (χ3n) is 4.99. The maximum atomic E-state index is 13.8. The minimum Gasteiger partial charge on any atom is -0.493 e. The van der Waals surface area contributed by atoms with Crippen molar-refractivity contribution in [2.75, 3.05) is 25.1 Å². The van der Waals surface area contributed by atoms with E-state index < -0.39 is 11.7 Å². The number of fused-ring (bicyclic) bond motifs is 1. The van der Waals surface area contributed by atoms with Crippen LogP contribution in [-0.4, -0.2) is 35.7 Å². The van der Waals surface area contributed by atoms with Gasteiger partial charge in [0.2, 0.25) is 0 Å². The molecule has 2 heterocycles. The summed E-state index contributed by atoms with van der Waals surface area (Å²) >= 11 is 0. The number of halogens is 1. The van der Waals surface area contributed by atoms with Crippen LogP contribution in [-0.2, 0) is 4.74 Å². The van der Waals surface area contributed by atoms with Crippen molar-refractivity contribution in [1.29, 1.82) is 0 Å². The monoisotopic (exact) mass is 383 g/mol. The number of amides is 1. The van der Waals surface area contributed by atoms with Gasteiger partial charge in [-0.15, -0.1) is 0 Å². The summed E-state index contributed by atoms with van der Waals surface area (Å²) in [6.07, 6.45) is 3.43. The van der Waals surface area contributed by atoms with Gasteiger partial charge in [0.25, 0.3) is 5.91 Å². The van der Waals surface area contributed by atoms with Gasteiger partial charge in [-0.25, -0.2) is 9.37 Å². The van der Waals surface area contributed by atoms with Gasteiger partial charge in [-0.3, -0.25) is 4.79 Å². The molecule has 7 heteroatoms. The Kier molecular flexibility index (Phi) is 5.25. The number of hydrogen-bond acceptors (Lipinski definition) is 4. The molecule has 146 valence electrons. The average Bonchev–Trinajstić information content (AvgIpc) is 3.16. The fraction of sp³-hybridized carbons (Fsp3) is 0.333. The summed E-state index contributed by atoms with van der Waals surface area (Å²) in [6, 6.07) is 8.00. The van der Waals surface area contributed by atoms with Crippen LogP contribution in [0.25, 0.3) is 11.0 Å². The molecule has 0 atom stereocenters. The largest absolute Gasteiger partial charge is 0.493 e. The second-order valence-corrected chi connectivity index (χ2v) is 7.05. The van der Waals surface area contributed by atoms with Gasteiger partial charge in [0, 0.05) is 25.0 Å². The lowest BCUT2D eigenvalue weighted by Gasteiger charge is -2.22. The van der Waals surface area contributed by atoms with Crippen molar-refractivity contribution >= 4 is 22.6 Å². The van der Waals surface area contributed by atoms with Gasteiger partial charge < -0.3 is 19.8 Å². The highest BCUT2D eigenvalue weighted by Gasteiger charge is 2.17. The van der Waals surface area contributed by atoms with Gasteiger partial charge in [-0.05, 0) is 49.4 Å². The molecule has 0 saturated carbocycles. The highest BCUT2D eigenvalue weighted by molar-refractivity contribution is 6.11. The van der Waals surface area contributed by atoms with E-state index in [1.54, 1.807) is 12.1 Å². The Morgan fingerprint density at radius 1 is 1.32 bits per heavy atom. The van der Waals surface area contributed by atoms with E-state index in [0.717, 1.165) is 37.4 Å². The highest BCUT2D eigenvalue weighted by Crippen LogP contribution is 2.26. The average molecular weight is 383 g/mol. The van der Waals surface area contributed by atoms with Crippen LogP contribution in [0.1, 0.15) is 28.8 Å². The Morgan fingerprint density at radius 2 is 2.14 bits per heavy atom. The molecule has 1 aliphatic rings. The number of aryl methyl sites for hydroxylation is 1. The molecule has 1 aromatic heterocycles. The van der Waals surface area contributed by atoms with Gasteiger partial charge in [-0.1, -0.05) is 6.07 Å². The zero-order valence-corrected chi connectivity index (χ0v) is 15.6. The number of ether oxygens (including phenoxy) is 2. The van der Waals surface area contributed by atoms with E-state index in [0.29, 0.717) is 29.2 Å². The van der Waals surface area contributed by atoms with Gasteiger partial charge in [-0.2, -0.15) is 0 Å². The molecule has 6 nitrogen and oxygen atoms in total. The summed E-state index contributed by atoms with van der Waals surface area (Å²) in [6.45, 7) is 4.14. The predicted molar refractivity (Wildman–Crippen MR) is 104 cm³/mol. The van der Waals surface area contributed by atoms with Crippen LogP contribution in [0.3, 0.4) is 0 Å². The molecular formula is C21H22FN3O3. The minimum absolute atomic E-state index is 0.182. The van der Waals surface area contributed by atoms with Crippen molar-refractivity contribution in [3.63, 3.8) is 0 Å². The van der Waals surface area contributed by atoms with Crippen LogP contribution >= 0.6 is 0 Å². The minimum atomic E-state index is -0.494. The molecular weight excluding hydrogens is 361 g/mol. The quantitative estimate of drug-likeness (QED) is 0.696. The maximum absolute atomic E-state index is 13.8. The van der Waals surface area contributed by atoms with E-state index >= 15 is 0 Å². The summed E-state index contributed by atoms with van der Waals surface area (Å²) in [7, 11) is 0. The smallest absolute Gasteiger partial charge is 0.258 e. The summed E-state index contributed by atoms with van der Waals surface area (Å²) in [5.41, 5.74) is 2.68. The molecule has 0 radical (unpaired) electrons. The Balaban J connectivity index is 1.49. The highest BCUT2D eigenvalue weighted by atomic mass is 19.1. The van der Waals surface area contributed by atoms with Gasteiger partial charge in [0.1, 0.15) is 17.1 Å². The number of aromatic nitrogens is 2. The first-order chi connectivity index (χ1) is 13.6. The van der Waals surface area contributed by atoms with E-state index in [-0.39, 0.29) is 5.56 Å². The van der Waals surface area contributed by atoms with Crippen molar-refractivity contribution in [2.45, 2.75) is 19.8 Å². The zero-order chi connectivity index (χ0) is 19.5.